The third kappa shape index (κ3) is 3.24. The standard InChI is InChI=1S/C22H20N2O3/c1-3-26-22(25)20-15(2)23-21(27-20)18-14-24(13-16-9-5-4-6-10-16)19-12-8-7-11-17(18)19/h4-12,14H,3,13H2,1-2H3. The summed E-state index contributed by atoms with van der Waals surface area (Å²) in [7, 11) is 0. The molecule has 5 heteroatoms. The van der Waals surface area contributed by atoms with E-state index < -0.39 is 5.97 Å². The zero-order chi connectivity index (χ0) is 18.8. The molecule has 0 fully saturated rings. The van der Waals surface area contributed by atoms with Gasteiger partial charge < -0.3 is 13.7 Å². The first kappa shape index (κ1) is 17.1. The number of nitrogens with zero attached hydrogens (tertiary/aromatic N) is 2. The molecule has 4 aromatic rings. The molecular formula is C22H20N2O3. The van der Waals surface area contributed by atoms with Gasteiger partial charge in [0.1, 0.15) is 0 Å². The number of hydrogen-bond acceptors (Lipinski definition) is 4. The molecule has 0 amide bonds. The molecule has 0 bridgehead atoms. The summed E-state index contributed by atoms with van der Waals surface area (Å²) in [5, 5.41) is 1.03. The van der Waals surface area contributed by atoms with Crippen molar-refractivity contribution in [3.8, 4) is 11.5 Å². The number of hydrogen-bond donors (Lipinski definition) is 0. The number of carbonyl (C=O) groups is 1. The minimum absolute atomic E-state index is 0.159. The van der Waals surface area contributed by atoms with E-state index >= 15 is 0 Å². The summed E-state index contributed by atoms with van der Waals surface area (Å²) in [6.07, 6.45) is 2.03. The molecule has 2 heterocycles. The van der Waals surface area contributed by atoms with Crippen LogP contribution in [0.4, 0.5) is 0 Å². The predicted octanol–water partition coefficient (Wildman–Crippen LogP) is 4.83. The van der Waals surface area contributed by atoms with Crippen LogP contribution in [-0.4, -0.2) is 22.1 Å². The fourth-order valence-electron chi connectivity index (χ4n) is 3.23. The number of oxazole rings is 1. The minimum Gasteiger partial charge on any atom is -0.460 e. The molecular weight excluding hydrogens is 340 g/mol. The molecule has 2 aromatic carbocycles. The Morgan fingerprint density at radius 1 is 1.11 bits per heavy atom. The van der Waals surface area contributed by atoms with E-state index in [-0.39, 0.29) is 5.76 Å². The van der Waals surface area contributed by atoms with E-state index in [1.54, 1.807) is 13.8 Å². The lowest BCUT2D eigenvalue weighted by atomic mass is 10.2. The number of carbonyl (C=O) groups excluding carboxylic acids is 1. The van der Waals surface area contributed by atoms with Crippen molar-refractivity contribution >= 4 is 16.9 Å². The second-order valence-corrected chi connectivity index (χ2v) is 6.33. The first-order valence-corrected chi connectivity index (χ1v) is 8.94. The molecule has 4 rings (SSSR count). The van der Waals surface area contributed by atoms with Gasteiger partial charge in [-0.3, -0.25) is 0 Å². The number of ether oxygens (including phenoxy) is 1. The predicted molar refractivity (Wildman–Crippen MR) is 104 cm³/mol. The molecule has 136 valence electrons. The summed E-state index contributed by atoms with van der Waals surface area (Å²) in [5.41, 5.74) is 3.69. The lowest BCUT2D eigenvalue weighted by molar-refractivity contribution is 0.0490. The van der Waals surface area contributed by atoms with E-state index in [9.17, 15) is 4.79 Å². The van der Waals surface area contributed by atoms with Gasteiger partial charge in [-0.25, -0.2) is 9.78 Å². The Bertz CT molecular complexity index is 1090. The van der Waals surface area contributed by atoms with Crippen molar-refractivity contribution in [2.45, 2.75) is 20.4 Å². The molecule has 0 aliphatic heterocycles. The monoisotopic (exact) mass is 360 g/mol. The molecule has 5 nitrogen and oxygen atoms in total. The zero-order valence-electron chi connectivity index (χ0n) is 15.3. The van der Waals surface area contributed by atoms with E-state index in [2.05, 4.69) is 27.8 Å². The number of rotatable bonds is 5. The Kier molecular flexibility index (Phi) is 4.50. The molecule has 0 atom stereocenters. The van der Waals surface area contributed by atoms with Crippen molar-refractivity contribution < 1.29 is 13.9 Å². The van der Waals surface area contributed by atoms with Crippen LogP contribution in [0.15, 0.2) is 65.2 Å². The third-order valence-electron chi connectivity index (χ3n) is 4.47. The van der Waals surface area contributed by atoms with Crippen molar-refractivity contribution in [2.24, 2.45) is 0 Å². The number of fused-ring (bicyclic) bond motifs is 1. The van der Waals surface area contributed by atoms with Gasteiger partial charge in [-0.2, -0.15) is 0 Å². The van der Waals surface area contributed by atoms with Gasteiger partial charge in [0.15, 0.2) is 0 Å². The fourth-order valence-corrected chi connectivity index (χ4v) is 3.23. The van der Waals surface area contributed by atoms with Crippen molar-refractivity contribution in [3.05, 3.63) is 77.8 Å². The Morgan fingerprint density at radius 3 is 2.63 bits per heavy atom. The van der Waals surface area contributed by atoms with E-state index in [0.717, 1.165) is 23.0 Å². The van der Waals surface area contributed by atoms with Gasteiger partial charge in [-0.15, -0.1) is 0 Å². The zero-order valence-corrected chi connectivity index (χ0v) is 15.3. The van der Waals surface area contributed by atoms with Gasteiger partial charge in [0.2, 0.25) is 11.7 Å². The summed E-state index contributed by atoms with van der Waals surface area (Å²) in [5.74, 6) is 0.104. The molecule has 27 heavy (non-hydrogen) atoms. The first-order chi connectivity index (χ1) is 13.2. The lowest BCUT2D eigenvalue weighted by Gasteiger charge is -2.05. The third-order valence-corrected chi connectivity index (χ3v) is 4.47. The van der Waals surface area contributed by atoms with Gasteiger partial charge in [-0.1, -0.05) is 48.5 Å². The van der Waals surface area contributed by atoms with Gasteiger partial charge >= 0.3 is 5.97 Å². The highest BCUT2D eigenvalue weighted by Crippen LogP contribution is 2.32. The first-order valence-electron chi connectivity index (χ1n) is 8.94. The average Bonchev–Trinajstić information content (AvgIpc) is 3.24. The normalized spacial score (nSPS) is 11.0. The van der Waals surface area contributed by atoms with Gasteiger partial charge in [0, 0.05) is 23.6 Å². The summed E-state index contributed by atoms with van der Waals surface area (Å²) < 4.78 is 13.0. The highest BCUT2D eigenvalue weighted by Gasteiger charge is 2.21. The van der Waals surface area contributed by atoms with E-state index in [4.69, 9.17) is 9.15 Å². The second kappa shape index (κ2) is 7.11. The molecule has 0 unspecified atom stereocenters. The SMILES string of the molecule is CCOC(=O)c1oc(-c2cn(Cc3ccccc3)c3ccccc23)nc1C. The van der Waals surface area contributed by atoms with Crippen molar-refractivity contribution in [2.75, 3.05) is 6.61 Å². The molecule has 0 aliphatic rings. The minimum atomic E-state index is -0.484. The summed E-state index contributed by atoms with van der Waals surface area (Å²) in [6, 6.07) is 18.4. The molecule has 0 spiro atoms. The number of aromatic nitrogens is 2. The van der Waals surface area contributed by atoms with Gasteiger partial charge in [0.05, 0.1) is 17.9 Å². The van der Waals surface area contributed by atoms with E-state index in [0.29, 0.717) is 18.2 Å². The Morgan fingerprint density at radius 2 is 1.85 bits per heavy atom. The number of para-hydroxylation sites is 1. The summed E-state index contributed by atoms with van der Waals surface area (Å²) >= 11 is 0. The van der Waals surface area contributed by atoms with Crippen LogP contribution < -0.4 is 0 Å². The average molecular weight is 360 g/mol. The fraction of sp³-hybridized carbons (Fsp3) is 0.182. The topological polar surface area (TPSA) is 57.3 Å². The maximum Gasteiger partial charge on any atom is 0.376 e. The molecule has 2 aromatic heterocycles. The maximum atomic E-state index is 12.1. The van der Waals surface area contributed by atoms with Crippen LogP contribution in [0.5, 0.6) is 0 Å². The molecule has 0 saturated carbocycles. The molecule has 0 N–H and O–H groups in total. The Labute approximate surface area is 157 Å². The van der Waals surface area contributed by atoms with Crippen molar-refractivity contribution in [1.29, 1.82) is 0 Å². The number of benzene rings is 2. The summed E-state index contributed by atoms with van der Waals surface area (Å²) in [4.78, 5) is 16.5. The molecule has 0 radical (unpaired) electrons. The maximum absolute atomic E-state index is 12.1. The largest absolute Gasteiger partial charge is 0.460 e. The van der Waals surface area contributed by atoms with Crippen LogP contribution in [0.2, 0.25) is 0 Å². The van der Waals surface area contributed by atoms with Crippen LogP contribution >= 0.6 is 0 Å². The van der Waals surface area contributed by atoms with Crippen LogP contribution in [0.3, 0.4) is 0 Å². The smallest absolute Gasteiger partial charge is 0.376 e. The quantitative estimate of drug-likeness (QED) is 0.478. The van der Waals surface area contributed by atoms with Crippen LogP contribution in [0.1, 0.15) is 28.7 Å². The van der Waals surface area contributed by atoms with Crippen LogP contribution in [0.25, 0.3) is 22.4 Å². The molecule has 0 saturated heterocycles. The highest BCUT2D eigenvalue weighted by atomic mass is 16.5. The van der Waals surface area contributed by atoms with Crippen LogP contribution in [-0.2, 0) is 11.3 Å². The van der Waals surface area contributed by atoms with E-state index in [1.807, 2.05) is 42.6 Å². The number of esters is 1. The molecule has 0 aliphatic carbocycles. The van der Waals surface area contributed by atoms with Crippen LogP contribution in [0, 0.1) is 6.92 Å². The highest BCUT2D eigenvalue weighted by molar-refractivity contribution is 5.95. The van der Waals surface area contributed by atoms with E-state index in [1.165, 1.54) is 5.56 Å². The van der Waals surface area contributed by atoms with Gasteiger partial charge in [-0.05, 0) is 25.5 Å². The Hall–Kier alpha value is -3.34. The lowest BCUT2D eigenvalue weighted by Crippen LogP contribution is -2.04. The second-order valence-electron chi connectivity index (χ2n) is 6.33. The van der Waals surface area contributed by atoms with Gasteiger partial charge in [0.25, 0.3) is 0 Å². The Balaban J connectivity index is 1.79. The van der Waals surface area contributed by atoms with Crippen molar-refractivity contribution in [3.63, 3.8) is 0 Å². The summed E-state index contributed by atoms with van der Waals surface area (Å²) in [6.45, 7) is 4.56. The van der Waals surface area contributed by atoms with Crippen molar-refractivity contribution in [1.82, 2.24) is 9.55 Å². The number of aryl methyl sites for hydroxylation is 1.